The highest BCUT2D eigenvalue weighted by molar-refractivity contribution is 7.15. The zero-order valence-corrected chi connectivity index (χ0v) is 17.8. The van der Waals surface area contributed by atoms with E-state index in [2.05, 4.69) is 35.6 Å². The molecular formula is C21H29N3O3S. The summed E-state index contributed by atoms with van der Waals surface area (Å²) in [6.07, 6.45) is 4.34. The first-order chi connectivity index (χ1) is 13.3. The smallest absolute Gasteiger partial charge is 0.307 e. The van der Waals surface area contributed by atoms with E-state index >= 15 is 0 Å². The van der Waals surface area contributed by atoms with Crippen LogP contribution in [0, 0.1) is 17.3 Å². The molecule has 0 aliphatic carbocycles. The van der Waals surface area contributed by atoms with Gasteiger partial charge in [-0.05, 0) is 36.8 Å². The maximum atomic E-state index is 11.7. The molecule has 3 rings (SSSR count). The van der Waals surface area contributed by atoms with E-state index in [1.807, 2.05) is 25.3 Å². The second-order valence-corrected chi connectivity index (χ2v) is 9.54. The number of carboxylic acid groups (broad SMARTS) is 1. The van der Waals surface area contributed by atoms with Crippen LogP contribution in [0.4, 0.5) is 0 Å². The van der Waals surface area contributed by atoms with Crippen molar-refractivity contribution in [2.45, 2.75) is 40.7 Å². The second-order valence-electron chi connectivity index (χ2n) is 8.43. The zero-order valence-electron chi connectivity index (χ0n) is 17.0. The summed E-state index contributed by atoms with van der Waals surface area (Å²) in [5.41, 5.74) is 0.892. The van der Waals surface area contributed by atoms with Crippen LogP contribution in [0.5, 0.6) is 5.75 Å². The number of aromatic nitrogens is 2. The fourth-order valence-electron chi connectivity index (χ4n) is 3.66. The maximum Gasteiger partial charge on any atom is 0.307 e. The minimum absolute atomic E-state index is 0.0841. The van der Waals surface area contributed by atoms with Gasteiger partial charge in [-0.15, -0.1) is 11.3 Å². The van der Waals surface area contributed by atoms with Crippen LogP contribution in [-0.2, 0) is 11.3 Å². The summed E-state index contributed by atoms with van der Waals surface area (Å²) in [7, 11) is 0. The number of hydrogen-bond donors (Lipinski definition) is 1. The summed E-state index contributed by atoms with van der Waals surface area (Å²) in [6.45, 7) is 11.3. The molecule has 1 unspecified atom stereocenters. The number of piperidine rings is 1. The fraction of sp³-hybridized carbons (Fsp3) is 0.571. The lowest BCUT2D eigenvalue weighted by Crippen LogP contribution is -2.46. The third-order valence-electron chi connectivity index (χ3n) is 5.32. The molecule has 0 spiro atoms. The fourth-order valence-corrected chi connectivity index (χ4v) is 4.62. The Labute approximate surface area is 170 Å². The van der Waals surface area contributed by atoms with Gasteiger partial charge < -0.3 is 9.84 Å². The van der Waals surface area contributed by atoms with Crippen LogP contribution in [0.2, 0.25) is 0 Å². The van der Waals surface area contributed by atoms with E-state index in [0.29, 0.717) is 25.6 Å². The van der Waals surface area contributed by atoms with Crippen molar-refractivity contribution in [3.8, 4) is 16.3 Å². The van der Waals surface area contributed by atoms with Gasteiger partial charge in [0.05, 0.1) is 23.9 Å². The monoisotopic (exact) mass is 403 g/mol. The van der Waals surface area contributed by atoms with Crippen LogP contribution in [-0.4, -0.2) is 45.6 Å². The summed E-state index contributed by atoms with van der Waals surface area (Å²) >= 11 is 1.60. The van der Waals surface area contributed by atoms with E-state index in [1.165, 1.54) is 0 Å². The van der Waals surface area contributed by atoms with Gasteiger partial charge in [-0.2, -0.15) is 0 Å². The zero-order chi connectivity index (χ0) is 20.3. The number of aliphatic carboxylic acids is 1. The number of likely N-dealkylation sites (tertiary alicyclic amines) is 1. The van der Waals surface area contributed by atoms with E-state index in [9.17, 15) is 9.90 Å². The first kappa shape index (κ1) is 20.7. The topological polar surface area (TPSA) is 75.6 Å². The molecular weight excluding hydrogens is 374 g/mol. The summed E-state index contributed by atoms with van der Waals surface area (Å²) in [6, 6.07) is 3.78. The Hall–Kier alpha value is -1.99. The van der Waals surface area contributed by atoms with E-state index in [1.54, 1.807) is 17.5 Å². The van der Waals surface area contributed by atoms with Gasteiger partial charge in [0.15, 0.2) is 0 Å². The number of pyridine rings is 1. The summed E-state index contributed by atoms with van der Waals surface area (Å²) in [5, 5.41) is 10.6. The highest BCUT2D eigenvalue weighted by Gasteiger charge is 2.37. The molecule has 1 saturated heterocycles. The van der Waals surface area contributed by atoms with Crippen molar-refractivity contribution in [3.63, 3.8) is 0 Å². The molecule has 152 valence electrons. The van der Waals surface area contributed by atoms with Gasteiger partial charge in [0, 0.05) is 25.5 Å². The molecule has 2 atom stereocenters. The van der Waals surface area contributed by atoms with Gasteiger partial charge in [-0.25, -0.2) is 4.98 Å². The lowest BCUT2D eigenvalue weighted by Gasteiger charge is -2.42. The first-order valence-corrected chi connectivity index (χ1v) is 10.6. The molecule has 1 fully saturated rings. The SMILES string of the molecule is CCOc1cccnc1-c1cnc(CN2CC(C(C)(C)C)C[C@@H](C(=O)O)C2)s1. The lowest BCUT2D eigenvalue weighted by molar-refractivity contribution is -0.145. The van der Waals surface area contributed by atoms with Crippen LogP contribution < -0.4 is 4.74 Å². The molecule has 1 N–H and O–H groups in total. The molecule has 0 radical (unpaired) electrons. The summed E-state index contributed by atoms with van der Waals surface area (Å²) in [5.74, 6) is 0.0883. The van der Waals surface area contributed by atoms with Crippen molar-refractivity contribution in [3.05, 3.63) is 29.5 Å². The standard InChI is InChI=1S/C21H29N3O3S/c1-5-27-16-7-6-8-22-19(16)17-10-23-18(28-17)13-24-11-14(20(25)26)9-15(12-24)21(2,3)4/h6-8,10,14-15H,5,9,11-13H2,1-4H3,(H,25,26)/t14-,15?/m1/s1. The average molecular weight is 404 g/mol. The Bertz CT molecular complexity index is 815. The Balaban J connectivity index is 1.76. The van der Waals surface area contributed by atoms with Crippen molar-refractivity contribution in [1.29, 1.82) is 0 Å². The van der Waals surface area contributed by atoms with Crippen LogP contribution in [0.1, 0.15) is 39.1 Å². The van der Waals surface area contributed by atoms with E-state index in [0.717, 1.165) is 34.3 Å². The number of hydrogen-bond acceptors (Lipinski definition) is 6. The van der Waals surface area contributed by atoms with Crippen molar-refractivity contribution >= 4 is 17.3 Å². The number of thiazole rings is 1. The van der Waals surface area contributed by atoms with Crippen molar-refractivity contribution in [1.82, 2.24) is 14.9 Å². The van der Waals surface area contributed by atoms with Crippen LogP contribution in [0.15, 0.2) is 24.5 Å². The summed E-state index contributed by atoms with van der Waals surface area (Å²) < 4.78 is 5.68. The van der Waals surface area contributed by atoms with Gasteiger partial charge in [0.1, 0.15) is 16.5 Å². The third-order valence-corrected chi connectivity index (χ3v) is 6.31. The van der Waals surface area contributed by atoms with E-state index < -0.39 is 5.97 Å². The number of carboxylic acids is 1. The number of carbonyl (C=O) groups is 1. The third kappa shape index (κ3) is 4.89. The molecule has 1 aliphatic heterocycles. The molecule has 7 heteroatoms. The molecule has 0 amide bonds. The Morgan fingerprint density at radius 3 is 2.82 bits per heavy atom. The molecule has 2 aromatic rings. The largest absolute Gasteiger partial charge is 0.492 e. The Morgan fingerprint density at radius 1 is 1.36 bits per heavy atom. The second kappa shape index (κ2) is 8.57. The minimum Gasteiger partial charge on any atom is -0.492 e. The van der Waals surface area contributed by atoms with E-state index in [-0.39, 0.29) is 11.3 Å². The van der Waals surface area contributed by atoms with Crippen LogP contribution in [0.3, 0.4) is 0 Å². The Kier molecular flexibility index (Phi) is 6.35. The predicted octanol–water partition coefficient (Wildman–Crippen LogP) is 4.17. The van der Waals surface area contributed by atoms with Crippen LogP contribution >= 0.6 is 11.3 Å². The van der Waals surface area contributed by atoms with Crippen molar-refractivity contribution in [2.75, 3.05) is 19.7 Å². The average Bonchev–Trinajstić information content (AvgIpc) is 3.09. The minimum atomic E-state index is -0.700. The van der Waals surface area contributed by atoms with E-state index in [4.69, 9.17) is 4.74 Å². The molecule has 28 heavy (non-hydrogen) atoms. The quantitative estimate of drug-likeness (QED) is 0.780. The maximum absolute atomic E-state index is 11.7. The predicted molar refractivity (Wildman–Crippen MR) is 110 cm³/mol. The highest BCUT2D eigenvalue weighted by Crippen LogP contribution is 2.37. The molecule has 0 saturated carbocycles. The normalized spacial score (nSPS) is 20.9. The highest BCUT2D eigenvalue weighted by atomic mass is 32.1. The van der Waals surface area contributed by atoms with Crippen LogP contribution in [0.25, 0.3) is 10.6 Å². The molecule has 1 aliphatic rings. The number of rotatable bonds is 6. The molecule has 0 bridgehead atoms. The first-order valence-electron chi connectivity index (χ1n) is 9.76. The van der Waals surface area contributed by atoms with Gasteiger partial charge in [0.2, 0.25) is 0 Å². The Morgan fingerprint density at radius 2 is 2.14 bits per heavy atom. The van der Waals surface area contributed by atoms with Crippen molar-refractivity contribution < 1.29 is 14.6 Å². The lowest BCUT2D eigenvalue weighted by atomic mass is 9.73. The summed E-state index contributed by atoms with van der Waals surface area (Å²) in [4.78, 5) is 23.9. The van der Waals surface area contributed by atoms with Gasteiger partial charge >= 0.3 is 5.97 Å². The van der Waals surface area contributed by atoms with Gasteiger partial charge in [-0.1, -0.05) is 20.8 Å². The number of ether oxygens (including phenoxy) is 1. The van der Waals surface area contributed by atoms with Gasteiger partial charge in [-0.3, -0.25) is 14.7 Å². The van der Waals surface area contributed by atoms with Gasteiger partial charge in [0.25, 0.3) is 0 Å². The molecule has 0 aromatic carbocycles. The number of nitrogens with zero attached hydrogens (tertiary/aromatic N) is 3. The molecule has 6 nitrogen and oxygen atoms in total. The van der Waals surface area contributed by atoms with Crippen molar-refractivity contribution in [2.24, 2.45) is 17.3 Å². The molecule has 2 aromatic heterocycles. The molecule has 3 heterocycles.